The molecule has 10 rings (SSSR count). The van der Waals surface area contributed by atoms with Gasteiger partial charge in [0, 0.05) is 27.1 Å². The molecule has 220 valence electrons. The standard InChI is InChI=1S/C42H31N3S/c1-3-13-27(14-4-1)26-45-41(43-40(44-45)28-15-5-2-6-16-28)29-23-24-31-30-17-7-10-20-34(30)42(36(31)25-29)35-21-11-8-18-32(35)38-33-19-9-12-22-37(33)46-39(38)42/h1-25,40-41,43-44H,26H2. The molecule has 3 nitrogen and oxygen atoms in total. The second-order valence-corrected chi connectivity index (χ2v) is 13.7. The van der Waals surface area contributed by atoms with Crippen LogP contribution in [0.15, 0.2) is 152 Å². The Morgan fingerprint density at radius 1 is 0.587 bits per heavy atom. The topological polar surface area (TPSA) is 27.3 Å². The molecule has 3 aliphatic rings. The average molecular weight is 610 g/mol. The molecule has 1 aromatic heterocycles. The lowest BCUT2D eigenvalue weighted by Gasteiger charge is -2.30. The SMILES string of the molecule is c1ccc(CN2NC(c3ccccc3)NC2c2ccc3c(c2)C2(c4ccccc4-3)c3ccccc3-c3c2sc2ccccc32)cc1. The van der Waals surface area contributed by atoms with E-state index in [1.807, 2.05) is 11.3 Å². The molecule has 2 heterocycles. The number of thiophene rings is 1. The first-order chi connectivity index (χ1) is 22.8. The molecular weight excluding hydrogens is 579 g/mol. The number of hydrogen-bond acceptors (Lipinski definition) is 4. The van der Waals surface area contributed by atoms with Crippen LogP contribution in [-0.4, -0.2) is 5.01 Å². The van der Waals surface area contributed by atoms with Gasteiger partial charge in [-0.15, -0.1) is 11.3 Å². The highest BCUT2D eigenvalue weighted by Gasteiger charge is 2.53. The number of hydrazine groups is 1. The molecule has 1 saturated heterocycles. The zero-order chi connectivity index (χ0) is 30.2. The molecule has 1 spiro atoms. The third kappa shape index (κ3) is 3.64. The maximum atomic E-state index is 3.96. The molecule has 2 N–H and O–H groups in total. The van der Waals surface area contributed by atoms with Crippen LogP contribution in [0, 0.1) is 0 Å². The Labute approximate surface area is 272 Å². The highest BCUT2D eigenvalue weighted by molar-refractivity contribution is 7.20. The van der Waals surface area contributed by atoms with Crippen LogP contribution in [0.4, 0.5) is 0 Å². The van der Waals surface area contributed by atoms with Gasteiger partial charge in [0.05, 0.1) is 11.6 Å². The smallest absolute Gasteiger partial charge is 0.101 e. The minimum Gasteiger partial charge on any atom is -0.277 e. The Bertz CT molecular complexity index is 2270. The van der Waals surface area contributed by atoms with Crippen molar-refractivity contribution in [3.63, 3.8) is 0 Å². The lowest BCUT2D eigenvalue weighted by molar-refractivity contribution is 0.165. The molecule has 4 heteroatoms. The van der Waals surface area contributed by atoms with E-state index >= 15 is 0 Å². The average Bonchev–Trinajstić information content (AvgIpc) is 3.86. The van der Waals surface area contributed by atoms with Crippen LogP contribution in [0.2, 0.25) is 0 Å². The molecule has 0 radical (unpaired) electrons. The second kappa shape index (κ2) is 10.1. The van der Waals surface area contributed by atoms with Gasteiger partial charge in [0.2, 0.25) is 0 Å². The van der Waals surface area contributed by atoms with E-state index < -0.39 is 0 Å². The number of nitrogens with zero attached hydrogens (tertiary/aromatic N) is 1. The van der Waals surface area contributed by atoms with Crippen molar-refractivity contribution in [3.05, 3.63) is 190 Å². The Kier molecular flexibility index (Phi) is 5.78. The predicted octanol–water partition coefficient (Wildman–Crippen LogP) is 9.55. The van der Waals surface area contributed by atoms with Crippen molar-refractivity contribution in [1.82, 2.24) is 15.8 Å². The second-order valence-electron chi connectivity index (χ2n) is 12.6. The first-order valence-corrected chi connectivity index (χ1v) is 16.9. The van der Waals surface area contributed by atoms with Crippen LogP contribution in [0.3, 0.4) is 0 Å². The molecule has 0 saturated carbocycles. The van der Waals surface area contributed by atoms with Crippen LogP contribution in [0.1, 0.15) is 50.6 Å². The van der Waals surface area contributed by atoms with E-state index in [-0.39, 0.29) is 17.7 Å². The van der Waals surface area contributed by atoms with Gasteiger partial charge in [0.25, 0.3) is 0 Å². The summed E-state index contributed by atoms with van der Waals surface area (Å²) < 4.78 is 1.35. The summed E-state index contributed by atoms with van der Waals surface area (Å²) in [5.41, 5.74) is 16.8. The van der Waals surface area contributed by atoms with Gasteiger partial charge in [-0.3, -0.25) is 5.32 Å². The van der Waals surface area contributed by atoms with E-state index in [1.165, 1.54) is 70.6 Å². The van der Waals surface area contributed by atoms with Crippen molar-refractivity contribution in [2.24, 2.45) is 0 Å². The Balaban J connectivity index is 1.19. The molecule has 1 aliphatic heterocycles. The number of hydrogen-bond donors (Lipinski definition) is 2. The Hall–Kier alpha value is -4.84. The first-order valence-electron chi connectivity index (χ1n) is 16.0. The van der Waals surface area contributed by atoms with E-state index in [9.17, 15) is 0 Å². The van der Waals surface area contributed by atoms with Crippen molar-refractivity contribution in [2.45, 2.75) is 24.3 Å². The summed E-state index contributed by atoms with van der Waals surface area (Å²) in [5.74, 6) is 0. The molecule has 1 fully saturated rings. The summed E-state index contributed by atoms with van der Waals surface area (Å²) in [7, 11) is 0. The summed E-state index contributed by atoms with van der Waals surface area (Å²) in [4.78, 5) is 1.44. The van der Waals surface area contributed by atoms with Crippen LogP contribution in [-0.2, 0) is 12.0 Å². The fourth-order valence-electron chi connectivity index (χ4n) is 8.26. The zero-order valence-corrected chi connectivity index (χ0v) is 26.0. The maximum Gasteiger partial charge on any atom is 0.101 e. The lowest BCUT2D eigenvalue weighted by atomic mass is 9.73. The highest BCUT2D eigenvalue weighted by Crippen LogP contribution is 2.66. The van der Waals surface area contributed by atoms with Gasteiger partial charge in [-0.05, 0) is 56.1 Å². The molecule has 46 heavy (non-hydrogen) atoms. The van der Waals surface area contributed by atoms with E-state index in [4.69, 9.17) is 0 Å². The van der Waals surface area contributed by atoms with Gasteiger partial charge >= 0.3 is 0 Å². The molecule has 0 bridgehead atoms. The zero-order valence-electron chi connectivity index (χ0n) is 25.2. The fraction of sp³-hybridized carbons (Fsp3) is 0.0952. The molecule has 3 atom stereocenters. The number of nitrogens with one attached hydrogen (secondary N) is 2. The third-order valence-corrected chi connectivity index (χ3v) is 11.5. The normalized spacial score (nSPS) is 21.0. The van der Waals surface area contributed by atoms with Gasteiger partial charge in [0.1, 0.15) is 6.17 Å². The molecule has 3 unspecified atom stereocenters. The monoisotopic (exact) mass is 609 g/mol. The van der Waals surface area contributed by atoms with Crippen LogP contribution in [0.25, 0.3) is 32.3 Å². The number of benzene rings is 6. The van der Waals surface area contributed by atoms with Gasteiger partial charge in [-0.25, -0.2) is 10.4 Å². The fourth-order valence-corrected chi connectivity index (χ4v) is 9.72. The van der Waals surface area contributed by atoms with E-state index in [1.54, 1.807) is 0 Å². The highest BCUT2D eigenvalue weighted by atomic mass is 32.1. The molecule has 0 amide bonds. The number of fused-ring (bicyclic) bond motifs is 12. The molecule has 2 aliphatic carbocycles. The summed E-state index contributed by atoms with van der Waals surface area (Å²) in [5, 5.41) is 7.69. The summed E-state index contributed by atoms with van der Waals surface area (Å²) >= 11 is 1.97. The van der Waals surface area contributed by atoms with Crippen molar-refractivity contribution < 1.29 is 0 Å². The number of rotatable bonds is 4. The summed E-state index contributed by atoms with van der Waals surface area (Å²) in [6.07, 6.45) is -0.00858. The van der Waals surface area contributed by atoms with Gasteiger partial charge in [0.15, 0.2) is 0 Å². The molecule has 7 aromatic rings. The van der Waals surface area contributed by atoms with Gasteiger partial charge in [-0.1, -0.05) is 146 Å². The van der Waals surface area contributed by atoms with E-state index in [2.05, 4.69) is 167 Å². The van der Waals surface area contributed by atoms with E-state index in [0.29, 0.717) is 0 Å². The lowest BCUT2D eigenvalue weighted by Crippen LogP contribution is -2.34. The Morgan fingerprint density at radius 2 is 1.24 bits per heavy atom. The Morgan fingerprint density at radius 3 is 2.07 bits per heavy atom. The summed E-state index contributed by atoms with van der Waals surface area (Å²) in [6.45, 7) is 0.785. The largest absolute Gasteiger partial charge is 0.277 e. The van der Waals surface area contributed by atoms with Crippen LogP contribution >= 0.6 is 11.3 Å². The molecular formula is C42H31N3S. The van der Waals surface area contributed by atoms with Crippen LogP contribution < -0.4 is 10.7 Å². The minimum atomic E-state index is -0.354. The summed E-state index contributed by atoms with van der Waals surface area (Å²) in [6, 6.07) is 55.8. The van der Waals surface area contributed by atoms with E-state index in [0.717, 1.165) is 6.54 Å². The van der Waals surface area contributed by atoms with Crippen molar-refractivity contribution in [2.75, 3.05) is 0 Å². The van der Waals surface area contributed by atoms with Crippen molar-refractivity contribution >= 4 is 21.4 Å². The maximum absolute atomic E-state index is 3.96. The van der Waals surface area contributed by atoms with Crippen molar-refractivity contribution in [3.8, 4) is 22.3 Å². The molecule has 6 aromatic carbocycles. The minimum absolute atomic E-state index is 0.00993. The quantitative estimate of drug-likeness (QED) is 0.208. The predicted molar refractivity (Wildman–Crippen MR) is 188 cm³/mol. The van der Waals surface area contributed by atoms with Gasteiger partial charge in [-0.2, -0.15) is 0 Å². The van der Waals surface area contributed by atoms with Gasteiger partial charge < -0.3 is 0 Å². The van der Waals surface area contributed by atoms with Crippen molar-refractivity contribution in [1.29, 1.82) is 0 Å². The third-order valence-electron chi connectivity index (χ3n) is 10.2. The first kappa shape index (κ1) is 26.4. The van der Waals surface area contributed by atoms with Crippen LogP contribution in [0.5, 0.6) is 0 Å².